The molecule has 0 aliphatic carbocycles. The molecule has 0 N–H and O–H groups in total. The molecule has 0 bridgehead atoms. The summed E-state index contributed by atoms with van der Waals surface area (Å²) in [7, 11) is 0. The molecule has 0 amide bonds. The molecule has 8 heteroatoms. The number of aryl methyl sites for hydroxylation is 1. The molecule has 2 atom stereocenters. The number of carbonyl (C=O) groups excluding carboxylic acids is 1. The van der Waals surface area contributed by atoms with Crippen LogP contribution in [0.15, 0.2) is 30.3 Å². The highest BCUT2D eigenvalue weighted by Crippen LogP contribution is 2.30. The van der Waals surface area contributed by atoms with Crippen molar-refractivity contribution >= 4 is 6.79 Å². The molecular weight excluding hydrogens is 527 g/mol. The van der Waals surface area contributed by atoms with E-state index in [4.69, 9.17) is 9.89 Å². The molecule has 0 radical (unpaired) electrons. The Bertz CT molecular complexity index is 907. The predicted octanol–water partition coefficient (Wildman–Crippen LogP) is 9.76. The summed E-state index contributed by atoms with van der Waals surface area (Å²) in [5.41, 5.74) is 2.76. The largest absolute Gasteiger partial charge is 0.573 e. The molecule has 236 valence electrons. The summed E-state index contributed by atoms with van der Waals surface area (Å²) in [5, 5.41) is 4.76. The van der Waals surface area contributed by atoms with Gasteiger partial charge in [-0.2, -0.15) is 5.10 Å². The van der Waals surface area contributed by atoms with Crippen LogP contribution in [-0.4, -0.2) is 47.5 Å². The zero-order chi connectivity index (χ0) is 31.4. The Labute approximate surface area is 247 Å². The molecular formula is C33H56F3N3O2. The molecule has 0 saturated heterocycles. The number of halogens is 3. The third-order valence-electron chi connectivity index (χ3n) is 7.08. The molecule has 0 aliphatic rings. The van der Waals surface area contributed by atoms with E-state index < -0.39 is 6.36 Å². The minimum absolute atomic E-state index is 0.228. The molecule has 0 spiro atoms. The maximum atomic E-state index is 12.3. The van der Waals surface area contributed by atoms with Crippen molar-refractivity contribution in [3.63, 3.8) is 0 Å². The van der Waals surface area contributed by atoms with Crippen LogP contribution in [0, 0.1) is 18.8 Å². The van der Waals surface area contributed by atoms with E-state index in [9.17, 15) is 13.2 Å². The van der Waals surface area contributed by atoms with Crippen LogP contribution in [0.2, 0.25) is 0 Å². The van der Waals surface area contributed by atoms with E-state index in [1.54, 1.807) is 16.8 Å². The van der Waals surface area contributed by atoms with E-state index in [0.29, 0.717) is 11.8 Å². The molecule has 2 rings (SSSR count). The standard InChI is InChI=1S/C21H29F3N2O.C11H25N.CH2O/c1-5-7-17(9-8-15(3)6-2)20-14-16(4)26(25-20)18-10-12-19(13-11-18)27-21(22,23)24;1-5-8-12(9-6-2)10-7-11(3)4;1-2/h10-15,17H,5-9H2,1-4H3;11H,5-10H2,1-4H3;1H2. The third-order valence-corrected chi connectivity index (χ3v) is 7.08. The molecule has 0 aliphatic heterocycles. The number of ether oxygens (including phenoxy) is 1. The van der Waals surface area contributed by atoms with Crippen LogP contribution in [0.5, 0.6) is 5.75 Å². The molecule has 0 fully saturated rings. The Morgan fingerprint density at radius 1 is 0.878 bits per heavy atom. The van der Waals surface area contributed by atoms with Crippen molar-refractivity contribution in [3.8, 4) is 11.4 Å². The second kappa shape index (κ2) is 21.4. The van der Waals surface area contributed by atoms with Gasteiger partial charge in [-0.3, -0.25) is 0 Å². The van der Waals surface area contributed by atoms with Gasteiger partial charge in [-0.25, -0.2) is 4.68 Å². The molecule has 41 heavy (non-hydrogen) atoms. The number of hydrogen-bond donors (Lipinski definition) is 0. The van der Waals surface area contributed by atoms with Gasteiger partial charge in [0.1, 0.15) is 12.5 Å². The molecule has 1 aromatic carbocycles. The first-order valence-electron chi connectivity index (χ1n) is 15.4. The van der Waals surface area contributed by atoms with Gasteiger partial charge in [0.15, 0.2) is 0 Å². The number of hydrogen-bond acceptors (Lipinski definition) is 4. The third kappa shape index (κ3) is 16.6. The summed E-state index contributed by atoms with van der Waals surface area (Å²) in [5.74, 6) is 1.74. The van der Waals surface area contributed by atoms with Gasteiger partial charge in [-0.05, 0) is 101 Å². The molecule has 1 heterocycles. The normalized spacial score (nSPS) is 12.8. The lowest BCUT2D eigenvalue weighted by molar-refractivity contribution is -0.274. The highest BCUT2D eigenvalue weighted by molar-refractivity contribution is 5.38. The Kier molecular flexibility index (Phi) is 20.1. The predicted molar refractivity (Wildman–Crippen MR) is 165 cm³/mol. The Hall–Kier alpha value is -2.35. The summed E-state index contributed by atoms with van der Waals surface area (Å²) in [6.07, 6.45) is 4.90. The molecule has 5 nitrogen and oxygen atoms in total. The molecule has 0 saturated carbocycles. The Morgan fingerprint density at radius 3 is 1.93 bits per heavy atom. The smallest absolute Gasteiger partial charge is 0.406 e. The second-order valence-electron chi connectivity index (χ2n) is 11.3. The van der Waals surface area contributed by atoms with Gasteiger partial charge in [0.25, 0.3) is 0 Å². The monoisotopic (exact) mass is 583 g/mol. The second-order valence-corrected chi connectivity index (χ2v) is 11.3. The first kappa shape index (κ1) is 38.6. The summed E-state index contributed by atoms with van der Waals surface area (Å²) in [4.78, 5) is 10.6. The summed E-state index contributed by atoms with van der Waals surface area (Å²) >= 11 is 0. The Morgan fingerprint density at radius 2 is 1.46 bits per heavy atom. The van der Waals surface area contributed by atoms with E-state index >= 15 is 0 Å². The fraction of sp³-hybridized carbons (Fsp3) is 0.697. The van der Waals surface area contributed by atoms with Gasteiger partial charge in [0.2, 0.25) is 0 Å². The molecule has 1 aromatic heterocycles. The first-order valence-corrected chi connectivity index (χ1v) is 15.4. The number of aromatic nitrogens is 2. The molecule has 2 aromatic rings. The quantitative estimate of drug-likeness (QED) is 0.197. The van der Waals surface area contributed by atoms with Gasteiger partial charge in [-0.15, -0.1) is 13.2 Å². The van der Waals surface area contributed by atoms with Crippen LogP contribution in [0.3, 0.4) is 0 Å². The highest BCUT2D eigenvalue weighted by Gasteiger charge is 2.31. The van der Waals surface area contributed by atoms with Crippen molar-refractivity contribution in [2.75, 3.05) is 19.6 Å². The van der Waals surface area contributed by atoms with Gasteiger partial charge in [-0.1, -0.05) is 67.7 Å². The summed E-state index contributed by atoms with van der Waals surface area (Å²) in [6.45, 7) is 23.6. The highest BCUT2D eigenvalue weighted by atomic mass is 19.4. The van der Waals surface area contributed by atoms with Crippen molar-refractivity contribution < 1.29 is 22.7 Å². The fourth-order valence-electron chi connectivity index (χ4n) is 4.64. The topological polar surface area (TPSA) is 47.4 Å². The number of alkyl halides is 3. The summed E-state index contributed by atoms with van der Waals surface area (Å²) < 4.78 is 42.7. The van der Waals surface area contributed by atoms with Gasteiger partial charge in [0, 0.05) is 11.6 Å². The van der Waals surface area contributed by atoms with Crippen molar-refractivity contribution in [1.82, 2.24) is 14.7 Å². The first-order chi connectivity index (χ1) is 19.4. The minimum Gasteiger partial charge on any atom is -0.406 e. The number of carbonyl (C=O) groups is 1. The van der Waals surface area contributed by atoms with Gasteiger partial charge < -0.3 is 14.4 Å². The Balaban J connectivity index is 0.000000962. The lowest BCUT2D eigenvalue weighted by atomic mass is 9.90. The number of rotatable bonds is 16. The average Bonchev–Trinajstić information content (AvgIpc) is 3.32. The maximum absolute atomic E-state index is 12.3. The van der Waals surface area contributed by atoms with E-state index in [1.165, 1.54) is 63.9 Å². The number of nitrogens with zero attached hydrogens (tertiary/aromatic N) is 3. The van der Waals surface area contributed by atoms with Crippen molar-refractivity contribution in [3.05, 3.63) is 41.7 Å². The average molecular weight is 584 g/mol. The van der Waals surface area contributed by atoms with Crippen molar-refractivity contribution in [2.24, 2.45) is 11.8 Å². The fourth-order valence-corrected chi connectivity index (χ4v) is 4.64. The van der Waals surface area contributed by atoms with E-state index in [1.807, 2.05) is 13.7 Å². The van der Waals surface area contributed by atoms with Crippen molar-refractivity contribution in [1.29, 1.82) is 0 Å². The number of benzene rings is 1. The SMILES string of the molecule is C=O.CCCC(CCC(C)CC)c1cc(C)n(-c2ccc(OC(F)(F)F)cc2)n1.CCCN(CCC)CCC(C)C. The van der Waals surface area contributed by atoms with Crippen LogP contribution >= 0.6 is 0 Å². The minimum atomic E-state index is -4.68. The van der Waals surface area contributed by atoms with Crippen molar-refractivity contribution in [2.45, 2.75) is 119 Å². The molecule has 2 unspecified atom stereocenters. The van der Waals surface area contributed by atoms with Crippen LogP contribution < -0.4 is 4.74 Å². The van der Waals surface area contributed by atoms with E-state index in [2.05, 4.69) is 64.2 Å². The summed E-state index contributed by atoms with van der Waals surface area (Å²) in [6, 6.07) is 7.92. The van der Waals surface area contributed by atoms with Gasteiger partial charge in [0.05, 0.1) is 11.4 Å². The maximum Gasteiger partial charge on any atom is 0.573 e. The van der Waals surface area contributed by atoms with E-state index in [0.717, 1.165) is 42.3 Å². The lowest BCUT2D eigenvalue weighted by Gasteiger charge is -2.21. The lowest BCUT2D eigenvalue weighted by Crippen LogP contribution is -2.27. The van der Waals surface area contributed by atoms with E-state index in [-0.39, 0.29) is 5.75 Å². The van der Waals surface area contributed by atoms with Crippen LogP contribution in [0.4, 0.5) is 13.2 Å². The van der Waals surface area contributed by atoms with Crippen LogP contribution in [0.1, 0.15) is 117 Å². The zero-order valence-corrected chi connectivity index (χ0v) is 26.9. The van der Waals surface area contributed by atoms with Gasteiger partial charge >= 0.3 is 6.36 Å². The zero-order valence-electron chi connectivity index (χ0n) is 26.9. The van der Waals surface area contributed by atoms with Crippen LogP contribution in [0.25, 0.3) is 5.69 Å². The van der Waals surface area contributed by atoms with Crippen LogP contribution in [-0.2, 0) is 4.79 Å².